The molecule has 33 heavy (non-hydrogen) atoms. The van der Waals surface area contributed by atoms with Gasteiger partial charge in [-0.05, 0) is 37.3 Å². The molecular weight excluding hydrogens is 461 g/mol. The largest absolute Gasteiger partial charge is 0.367 e. The fraction of sp³-hybridized carbons (Fsp3) is 0.292. The second kappa shape index (κ2) is 8.72. The van der Waals surface area contributed by atoms with Crippen molar-refractivity contribution in [2.45, 2.75) is 19.9 Å². The molecule has 7 nitrogen and oxygen atoms in total. The summed E-state index contributed by atoms with van der Waals surface area (Å²) in [6.45, 7) is 4.88. The average Bonchev–Trinajstić information content (AvgIpc) is 3.17. The zero-order chi connectivity index (χ0) is 23.1. The monoisotopic (exact) mass is 483 g/mol. The van der Waals surface area contributed by atoms with Crippen LogP contribution in [0, 0.1) is 6.92 Å². The predicted molar refractivity (Wildman–Crippen MR) is 132 cm³/mol. The van der Waals surface area contributed by atoms with Crippen molar-refractivity contribution in [1.29, 1.82) is 0 Å². The highest BCUT2D eigenvalue weighted by atomic mass is 35.5. The second-order valence-electron chi connectivity index (χ2n) is 8.35. The SMILES string of the molecule is Cc1ccc2[nH]c3c(=O)n(CCC(=O)N4CCN(c5ccc(Cl)cc5Cl)CC4)cnc3c2c1. The standard InChI is InChI=1S/C24H23Cl2N5O2/c1-15-2-4-19-17(12-15)22-23(28-19)24(33)31(14-27-22)7-6-21(32)30-10-8-29(9-11-30)20-5-3-16(25)13-18(20)26/h2-5,12-14,28H,6-11H2,1H3. The average molecular weight is 484 g/mol. The number of carbonyl (C=O) groups is 1. The molecule has 0 saturated carbocycles. The minimum Gasteiger partial charge on any atom is -0.367 e. The van der Waals surface area contributed by atoms with Crippen molar-refractivity contribution < 1.29 is 4.79 Å². The Bertz CT molecular complexity index is 1420. The molecule has 0 unspecified atom stereocenters. The van der Waals surface area contributed by atoms with E-state index in [9.17, 15) is 9.59 Å². The number of anilines is 1. The number of rotatable bonds is 4. The molecule has 5 rings (SSSR count). The number of amides is 1. The normalized spacial score (nSPS) is 14.4. The Kier molecular flexibility index (Phi) is 5.76. The Morgan fingerprint density at radius 1 is 1.09 bits per heavy atom. The third-order valence-corrected chi connectivity index (χ3v) is 6.71. The van der Waals surface area contributed by atoms with Crippen LogP contribution in [0.5, 0.6) is 0 Å². The van der Waals surface area contributed by atoms with Gasteiger partial charge in [-0.2, -0.15) is 0 Å². The molecule has 1 aliphatic heterocycles. The van der Waals surface area contributed by atoms with Crippen molar-refractivity contribution in [2.75, 3.05) is 31.1 Å². The molecule has 2 aromatic heterocycles. The van der Waals surface area contributed by atoms with Crippen molar-refractivity contribution in [2.24, 2.45) is 0 Å². The molecular formula is C24H23Cl2N5O2. The minimum absolute atomic E-state index is 0.0242. The summed E-state index contributed by atoms with van der Waals surface area (Å²) in [6, 6.07) is 11.4. The van der Waals surface area contributed by atoms with E-state index in [1.165, 1.54) is 10.9 Å². The number of nitrogens with zero attached hydrogens (tertiary/aromatic N) is 4. The second-order valence-corrected chi connectivity index (χ2v) is 9.20. The Balaban J connectivity index is 1.24. The summed E-state index contributed by atoms with van der Waals surface area (Å²) < 4.78 is 1.51. The number of fused-ring (bicyclic) bond motifs is 3. The molecule has 3 heterocycles. The fourth-order valence-corrected chi connectivity index (χ4v) is 4.90. The van der Waals surface area contributed by atoms with Gasteiger partial charge in [-0.1, -0.05) is 34.8 Å². The first kappa shape index (κ1) is 21.8. The number of carbonyl (C=O) groups excluding carboxylic acids is 1. The summed E-state index contributed by atoms with van der Waals surface area (Å²) in [5.74, 6) is 0.0242. The van der Waals surface area contributed by atoms with E-state index in [2.05, 4.69) is 14.9 Å². The highest BCUT2D eigenvalue weighted by Gasteiger charge is 2.22. The molecule has 9 heteroatoms. The smallest absolute Gasteiger partial charge is 0.277 e. The lowest BCUT2D eigenvalue weighted by Gasteiger charge is -2.36. The molecule has 1 fully saturated rings. The van der Waals surface area contributed by atoms with Crippen LogP contribution in [-0.2, 0) is 11.3 Å². The van der Waals surface area contributed by atoms with Gasteiger partial charge in [0.05, 0.1) is 17.0 Å². The summed E-state index contributed by atoms with van der Waals surface area (Å²) in [4.78, 5) is 37.4. The van der Waals surface area contributed by atoms with Gasteiger partial charge in [0.15, 0.2) is 0 Å². The Morgan fingerprint density at radius 3 is 2.64 bits per heavy atom. The maximum Gasteiger partial charge on any atom is 0.277 e. The molecule has 2 aromatic carbocycles. The first-order chi connectivity index (χ1) is 15.9. The van der Waals surface area contributed by atoms with Crippen LogP contribution in [0.1, 0.15) is 12.0 Å². The molecule has 0 atom stereocenters. The molecule has 0 bridgehead atoms. The number of halogens is 2. The number of benzene rings is 2. The fourth-order valence-electron chi connectivity index (χ4n) is 4.37. The van der Waals surface area contributed by atoms with Crippen LogP contribution < -0.4 is 10.5 Å². The molecule has 1 N–H and O–H groups in total. The molecule has 0 radical (unpaired) electrons. The number of nitrogens with one attached hydrogen (secondary N) is 1. The lowest BCUT2D eigenvalue weighted by Crippen LogP contribution is -2.49. The number of hydrogen-bond donors (Lipinski definition) is 1. The van der Waals surface area contributed by atoms with Gasteiger partial charge in [0, 0.05) is 55.1 Å². The topological polar surface area (TPSA) is 74.2 Å². The molecule has 1 saturated heterocycles. The lowest BCUT2D eigenvalue weighted by molar-refractivity contribution is -0.131. The van der Waals surface area contributed by atoms with Gasteiger partial charge in [0.25, 0.3) is 5.56 Å². The molecule has 1 amide bonds. The van der Waals surface area contributed by atoms with Crippen molar-refractivity contribution in [3.05, 3.63) is 68.7 Å². The number of aromatic nitrogens is 3. The predicted octanol–water partition coefficient (Wildman–Crippen LogP) is 4.23. The highest BCUT2D eigenvalue weighted by Crippen LogP contribution is 2.29. The summed E-state index contributed by atoms with van der Waals surface area (Å²) in [5, 5.41) is 2.14. The summed E-state index contributed by atoms with van der Waals surface area (Å²) in [7, 11) is 0. The summed E-state index contributed by atoms with van der Waals surface area (Å²) >= 11 is 12.3. The van der Waals surface area contributed by atoms with E-state index in [1.807, 2.05) is 42.2 Å². The van der Waals surface area contributed by atoms with Crippen molar-refractivity contribution in [3.8, 4) is 0 Å². The zero-order valence-corrected chi connectivity index (χ0v) is 19.7. The maximum absolute atomic E-state index is 13.0. The maximum atomic E-state index is 13.0. The first-order valence-electron chi connectivity index (χ1n) is 10.9. The third-order valence-electron chi connectivity index (χ3n) is 6.18. The van der Waals surface area contributed by atoms with Crippen LogP contribution in [-0.4, -0.2) is 51.5 Å². The van der Waals surface area contributed by atoms with E-state index in [-0.39, 0.29) is 24.4 Å². The highest BCUT2D eigenvalue weighted by molar-refractivity contribution is 6.36. The van der Waals surface area contributed by atoms with E-state index in [0.29, 0.717) is 47.3 Å². The van der Waals surface area contributed by atoms with E-state index >= 15 is 0 Å². The van der Waals surface area contributed by atoms with Gasteiger partial charge in [0.1, 0.15) is 11.0 Å². The molecule has 1 aliphatic rings. The quantitative estimate of drug-likeness (QED) is 0.471. The number of hydrogen-bond acceptors (Lipinski definition) is 4. The molecule has 4 aromatic rings. The van der Waals surface area contributed by atoms with Gasteiger partial charge in [0.2, 0.25) is 5.91 Å². The zero-order valence-electron chi connectivity index (χ0n) is 18.1. The van der Waals surface area contributed by atoms with Gasteiger partial charge in [-0.3, -0.25) is 14.2 Å². The Morgan fingerprint density at radius 2 is 1.88 bits per heavy atom. The Hall–Kier alpha value is -3.03. The van der Waals surface area contributed by atoms with Crippen LogP contribution in [0.4, 0.5) is 5.69 Å². The van der Waals surface area contributed by atoms with Gasteiger partial charge < -0.3 is 14.8 Å². The number of aromatic amines is 1. The van der Waals surface area contributed by atoms with Gasteiger partial charge >= 0.3 is 0 Å². The van der Waals surface area contributed by atoms with E-state index < -0.39 is 0 Å². The van der Waals surface area contributed by atoms with Crippen LogP contribution in [0.25, 0.3) is 21.9 Å². The molecule has 170 valence electrons. The van der Waals surface area contributed by atoms with Crippen LogP contribution in [0.2, 0.25) is 10.0 Å². The first-order valence-corrected chi connectivity index (χ1v) is 11.6. The summed E-state index contributed by atoms with van der Waals surface area (Å²) in [6.07, 6.45) is 1.78. The molecule has 0 aliphatic carbocycles. The number of H-pyrrole nitrogens is 1. The van der Waals surface area contributed by atoms with E-state index in [1.54, 1.807) is 6.07 Å². The van der Waals surface area contributed by atoms with Crippen LogP contribution in [0.15, 0.2) is 47.5 Å². The van der Waals surface area contributed by atoms with Gasteiger partial charge in [-0.25, -0.2) is 4.98 Å². The van der Waals surface area contributed by atoms with Crippen molar-refractivity contribution in [1.82, 2.24) is 19.4 Å². The van der Waals surface area contributed by atoms with Crippen LogP contribution in [0.3, 0.4) is 0 Å². The number of aryl methyl sites for hydroxylation is 2. The third kappa shape index (κ3) is 4.18. The number of piperazine rings is 1. The van der Waals surface area contributed by atoms with Crippen LogP contribution >= 0.6 is 23.2 Å². The Labute approximate surface area is 200 Å². The molecule has 0 spiro atoms. The van der Waals surface area contributed by atoms with E-state index in [4.69, 9.17) is 23.2 Å². The minimum atomic E-state index is -0.163. The van der Waals surface area contributed by atoms with Crippen molar-refractivity contribution in [3.63, 3.8) is 0 Å². The summed E-state index contributed by atoms with van der Waals surface area (Å²) in [5.41, 5.74) is 3.89. The van der Waals surface area contributed by atoms with Gasteiger partial charge in [-0.15, -0.1) is 0 Å². The lowest BCUT2D eigenvalue weighted by atomic mass is 10.2. The van der Waals surface area contributed by atoms with E-state index in [0.717, 1.165) is 22.2 Å². The van der Waals surface area contributed by atoms with Crippen molar-refractivity contribution >= 4 is 56.7 Å².